The van der Waals surface area contributed by atoms with Crippen molar-refractivity contribution in [1.82, 2.24) is 24.1 Å². The van der Waals surface area contributed by atoms with Crippen LogP contribution in [0, 0.1) is 11.3 Å². The second-order valence-corrected chi connectivity index (χ2v) is 15.9. The molecule has 0 spiro atoms. The Kier molecular flexibility index (Phi) is 6.52. The quantitative estimate of drug-likeness (QED) is 0.178. The summed E-state index contributed by atoms with van der Waals surface area (Å²) in [6.45, 7) is 6.34. The average Bonchev–Trinajstić information content (AvgIpc) is 4.00. The van der Waals surface area contributed by atoms with E-state index in [-0.39, 0.29) is 0 Å². The van der Waals surface area contributed by atoms with Crippen LogP contribution in [-0.2, 0) is 5.41 Å². The lowest BCUT2D eigenvalue weighted by Crippen LogP contribution is -2.19. The molecule has 5 aromatic heterocycles. The van der Waals surface area contributed by atoms with Gasteiger partial charge in [-0.05, 0) is 66.7 Å². The van der Waals surface area contributed by atoms with E-state index in [4.69, 9.17) is 23.8 Å². The summed E-state index contributed by atoms with van der Waals surface area (Å²) in [7, 11) is 0. The van der Waals surface area contributed by atoms with Crippen molar-refractivity contribution in [3.63, 3.8) is 0 Å². The van der Waals surface area contributed by atoms with Crippen LogP contribution in [0.1, 0.15) is 32.2 Å². The highest BCUT2D eigenvalue weighted by atomic mass is 16.3. The van der Waals surface area contributed by atoms with Crippen molar-refractivity contribution in [3.8, 4) is 29.1 Å². The summed E-state index contributed by atoms with van der Waals surface area (Å²) < 4.78 is 17.3. The van der Waals surface area contributed by atoms with Crippen molar-refractivity contribution in [2.75, 3.05) is 0 Å². The second kappa shape index (κ2) is 11.6. The van der Waals surface area contributed by atoms with Gasteiger partial charge in [-0.25, -0.2) is 4.98 Å². The molecule has 0 bridgehead atoms. The third kappa shape index (κ3) is 4.47. The first-order valence-corrected chi connectivity index (χ1v) is 19.3. The molecule has 0 fully saturated rings. The highest BCUT2D eigenvalue weighted by molar-refractivity contribution is 6.26. The Morgan fingerprint density at radius 2 is 1.05 bits per heavy atom. The van der Waals surface area contributed by atoms with E-state index in [1.165, 1.54) is 0 Å². The van der Waals surface area contributed by atoms with Crippen LogP contribution in [0.3, 0.4) is 0 Å². The van der Waals surface area contributed by atoms with E-state index in [0.29, 0.717) is 28.7 Å². The van der Waals surface area contributed by atoms with E-state index < -0.39 is 5.41 Å². The number of benzene rings is 7. The van der Waals surface area contributed by atoms with Gasteiger partial charge in [0.25, 0.3) is 0 Å². The summed E-state index contributed by atoms with van der Waals surface area (Å²) >= 11 is 0. The summed E-state index contributed by atoms with van der Waals surface area (Å²) in [5, 5.41) is 18.8. The molecule has 0 saturated heterocycles. The maximum Gasteiger partial charge on any atom is 0.238 e. The molecule has 0 N–H and O–H groups in total. The minimum Gasteiger partial charge on any atom is -0.456 e. The molecule has 0 atom stereocenters. The average molecular weight is 749 g/mol. The Balaban J connectivity index is 1.22. The van der Waals surface area contributed by atoms with Crippen molar-refractivity contribution in [1.29, 1.82) is 5.26 Å². The predicted octanol–water partition coefficient (Wildman–Crippen LogP) is 12.7. The first-order valence-electron chi connectivity index (χ1n) is 19.3. The molecule has 0 aliphatic carbocycles. The number of rotatable bonds is 3. The van der Waals surface area contributed by atoms with Crippen LogP contribution in [0.5, 0.6) is 0 Å². The number of fused-ring (bicyclic) bond motifs is 14. The molecule has 8 heteroatoms. The third-order valence-corrected chi connectivity index (χ3v) is 11.5. The van der Waals surface area contributed by atoms with E-state index in [0.717, 1.165) is 93.2 Å². The Labute approximate surface area is 330 Å². The van der Waals surface area contributed by atoms with Gasteiger partial charge in [0.1, 0.15) is 28.2 Å². The van der Waals surface area contributed by atoms with E-state index >= 15 is 0 Å². The van der Waals surface area contributed by atoms with Crippen LogP contribution < -0.4 is 0 Å². The van der Waals surface area contributed by atoms with Crippen molar-refractivity contribution in [3.05, 3.63) is 151 Å². The lowest BCUT2D eigenvalue weighted by Gasteiger charge is -2.20. The van der Waals surface area contributed by atoms with Gasteiger partial charge in [-0.2, -0.15) is 15.2 Å². The summed E-state index contributed by atoms with van der Waals surface area (Å²) in [6, 6.07) is 49.7. The van der Waals surface area contributed by atoms with Gasteiger partial charge in [-0.1, -0.05) is 93.6 Å². The number of aromatic nitrogens is 5. The van der Waals surface area contributed by atoms with E-state index in [1.807, 2.05) is 60.7 Å². The highest BCUT2D eigenvalue weighted by Gasteiger charge is 2.27. The van der Waals surface area contributed by atoms with Crippen LogP contribution in [0.25, 0.3) is 111 Å². The SMILES string of the molecule is CC(C)(C)c1nc(-c2cc(C#N)ccc2-n2c3ccccc3c3ccc4oc5ccccc5c4c32)nc(-n2c3ccccc3c3ccc4oc5ccccc5c4c32)n1. The molecule has 0 saturated carbocycles. The van der Waals surface area contributed by atoms with E-state index in [1.54, 1.807) is 0 Å². The fourth-order valence-corrected chi connectivity index (χ4v) is 8.89. The van der Waals surface area contributed by atoms with Crippen LogP contribution in [-0.4, -0.2) is 24.1 Å². The molecule has 12 rings (SSSR count). The van der Waals surface area contributed by atoms with Crippen molar-refractivity contribution in [2.45, 2.75) is 26.2 Å². The smallest absolute Gasteiger partial charge is 0.238 e. The van der Waals surface area contributed by atoms with Crippen molar-refractivity contribution < 1.29 is 8.83 Å². The molecule has 0 unspecified atom stereocenters. The zero-order valence-electron chi connectivity index (χ0n) is 31.8. The number of nitrogens with zero attached hydrogens (tertiary/aromatic N) is 6. The molecule has 58 heavy (non-hydrogen) atoms. The summed E-state index contributed by atoms with van der Waals surface area (Å²) in [4.78, 5) is 15.9. The molecular weight excluding hydrogens is 717 g/mol. The summed E-state index contributed by atoms with van der Waals surface area (Å²) in [5.41, 5.74) is 8.78. The second-order valence-electron chi connectivity index (χ2n) is 15.9. The summed E-state index contributed by atoms with van der Waals surface area (Å²) in [5.74, 6) is 1.58. The van der Waals surface area contributed by atoms with Crippen molar-refractivity contribution >= 4 is 87.5 Å². The zero-order chi connectivity index (χ0) is 38.9. The Bertz CT molecular complexity index is 3750. The molecule has 0 aliphatic heterocycles. The van der Waals surface area contributed by atoms with Gasteiger partial charge in [0.05, 0.1) is 50.2 Å². The molecule has 0 radical (unpaired) electrons. The van der Waals surface area contributed by atoms with Gasteiger partial charge >= 0.3 is 0 Å². The topological polar surface area (TPSA) is 98.6 Å². The number of hydrogen-bond donors (Lipinski definition) is 0. The lowest BCUT2D eigenvalue weighted by atomic mass is 9.95. The van der Waals surface area contributed by atoms with Crippen LogP contribution in [0.2, 0.25) is 0 Å². The highest BCUT2D eigenvalue weighted by Crippen LogP contribution is 2.44. The van der Waals surface area contributed by atoms with E-state index in [2.05, 4.69) is 115 Å². The number of hydrogen-bond acceptors (Lipinski definition) is 6. The first kappa shape index (κ1) is 32.5. The van der Waals surface area contributed by atoms with E-state index in [9.17, 15) is 5.26 Å². The molecule has 12 aromatic rings. The molecular formula is C50H32N6O2. The van der Waals surface area contributed by atoms with Gasteiger partial charge < -0.3 is 13.4 Å². The zero-order valence-corrected chi connectivity index (χ0v) is 31.8. The third-order valence-electron chi connectivity index (χ3n) is 11.5. The number of furan rings is 2. The van der Waals surface area contributed by atoms with Crippen LogP contribution in [0.15, 0.2) is 148 Å². The minimum atomic E-state index is -0.454. The standard InChI is InChI=1S/C50H32N6O2/c1-50(2,3)48-52-47(53-49(54-48)56-37-17-9-5-13-30(37)32-22-25-42-44(46(32)56)34-15-7-11-19-40(34)58-42)35-26-28(27-51)20-23-38(35)55-36-16-8-4-12-29(36)31-21-24-41-43(45(31)55)33-14-6-10-18-39(33)57-41/h4-26H,1-3H3. The first-order chi connectivity index (χ1) is 28.4. The van der Waals surface area contributed by atoms with Crippen LogP contribution >= 0.6 is 0 Å². The number of para-hydroxylation sites is 4. The molecule has 5 heterocycles. The van der Waals surface area contributed by atoms with Gasteiger partial charge in [0.15, 0.2) is 5.82 Å². The fourth-order valence-electron chi connectivity index (χ4n) is 8.89. The van der Waals surface area contributed by atoms with Gasteiger partial charge in [0, 0.05) is 43.3 Å². The molecule has 274 valence electrons. The number of nitriles is 1. The normalized spacial score (nSPS) is 12.4. The van der Waals surface area contributed by atoms with Gasteiger partial charge in [0.2, 0.25) is 5.95 Å². The molecule has 8 nitrogen and oxygen atoms in total. The monoisotopic (exact) mass is 748 g/mol. The summed E-state index contributed by atoms with van der Waals surface area (Å²) in [6.07, 6.45) is 0. The molecule has 0 aliphatic rings. The van der Waals surface area contributed by atoms with Crippen molar-refractivity contribution in [2.24, 2.45) is 0 Å². The molecule has 0 amide bonds. The Hall–Kier alpha value is -7.76. The molecule has 7 aromatic carbocycles. The fraction of sp³-hybridized carbons (Fsp3) is 0.0800. The largest absolute Gasteiger partial charge is 0.456 e. The maximum absolute atomic E-state index is 10.4. The van der Waals surface area contributed by atoms with Gasteiger partial charge in [-0.3, -0.25) is 4.57 Å². The Morgan fingerprint density at radius 3 is 1.64 bits per heavy atom. The van der Waals surface area contributed by atoms with Crippen LogP contribution in [0.4, 0.5) is 0 Å². The predicted molar refractivity (Wildman–Crippen MR) is 232 cm³/mol. The lowest BCUT2D eigenvalue weighted by molar-refractivity contribution is 0.540. The maximum atomic E-state index is 10.4. The minimum absolute atomic E-state index is 0.454. The van der Waals surface area contributed by atoms with Gasteiger partial charge in [-0.15, -0.1) is 0 Å². The Morgan fingerprint density at radius 1 is 0.517 bits per heavy atom.